The fraction of sp³-hybridized carbons (Fsp3) is 0.500. The molecule has 2 saturated heterocycles. The number of carbonyl (C=O) groups excluding carboxylic acids is 2. The standard InChI is InChI=1S/C24H32N4O2S/c1-3-26-12-14-27(15-13-26)19-9-10-20(18(2)17-19)25-23(29)21-7-4-5-11-28(21)24(30)22-8-6-16-31-22/h6,8-10,16-17,21H,3-5,7,11-15H2,1-2H3,(H,25,29). The summed E-state index contributed by atoms with van der Waals surface area (Å²) in [7, 11) is 0. The SMILES string of the molecule is CCN1CCN(c2ccc(NC(=O)C3CCCCN3C(=O)c3cccs3)c(C)c2)CC1. The number of carbonyl (C=O) groups is 2. The maximum Gasteiger partial charge on any atom is 0.264 e. The van der Waals surface area contributed by atoms with Crippen molar-refractivity contribution in [1.82, 2.24) is 9.80 Å². The Morgan fingerprint density at radius 3 is 2.58 bits per heavy atom. The van der Waals surface area contributed by atoms with Crippen LogP contribution < -0.4 is 10.2 Å². The van der Waals surface area contributed by atoms with Gasteiger partial charge >= 0.3 is 0 Å². The third kappa shape index (κ3) is 4.93. The molecule has 1 atom stereocenters. The van der Waals surface area contributed by atoms with Crippen molar-refractivity contribution in [1.29, 1.82) is 0 Å². The van der Waals surface area contributed by atoms with Gasteiger partial charge in [0.2, 0.25) is 5.91 Å². The Balaban J connectivity index is 1.43. The minimum absolute atomic E-state index is 0.0341. The first kappa shape index (κ1) is 21.8. The maximum absolute atomic E-state index is 13.1. The van der Waals surface area contributed by atoms with E-state index in [1.54, 1.807) is 4.90 Å². The number of nitrogens with zero attached hydrogens (tertiary/aromatic N) is 3. The summed E-state index contributed by atoms with van der Waals surface area (Å²) >= 11 is 1.43. The molecule has 6 nitrogen and oxygen atoms in total. The van der Waals surface area contributed by atoms with Crippen LogP contribution in [0.25, 0.3) is 0 Å². The molecule has 1 aromatic heterocycles. The van der Waals surface area contributed by atoms with Gasteiger partial charge in [0.05, 0.1) is 4.88 Å². The first-order valence-corrected chi connectivity index (χ1v) is 12.2. The summed E-state index contributed by atoms with van der Waals surface area (Å²) in [6.07, 6.45) is 2.62. The van der Waals surface area contributed by atoms with Crippen LogP contribution in [0.5, 0.6) is 0 Å². The Kier molecular flexibility index (Phi) is 6.92. The molecule has 1 unspecified atom stereocenters. The molecule has 4 rings (SSSR count). The number of piperazine rings is 1. The van der Waals surface area contributed by atoms with Gasteiger partial charge in [0.25, 0.3) is 5.91 Å². The van der Waals surface area contributed by atoms with Crippen LogP contribution in [0.2, 0.25) is 0 Å². The van der Waals surface area contributed by atoms with Gasteiger partial charge in [-0.2, -0.15) is 0 Å². The molecular formula is C24H32N4O2S. The van der Waals surface area contributed by atoms with Crippen LogP contribution >= 0.6 is 11.3 Å². The van der Waals surface area contributed by atoms with Crippen LogP contribution in [0.4, 0.5) is 11.4 Å². The van der Waals surface area contributed by atoms with Crippen molar-refractivity contribution >= 4 is 34.5 Å². The molecule has 2 aliphatic rings. The summed E-state index contributed by atoms with van der Waals surface area (Å²) in [5.74, 6) is -0.120. The van der Waals surface area contributed by atoms with E-state index in [0.717, 1.165) is 56.8 Å². The number of thiophene rings is 1. The zero-order valence-corrected chi connectivity index (χ0v) is 19.3. The summed E-state index contributed by atoms with van der Waals surface area (Å²) in [6, 6.07) is 9.56. The molecule has 166 valence electrons. The van der Waals surface area contributed by atoms with Crippen LogP contribution in [-0.4, -0.2) is 66.9 Å². The number of amides is 2. The number of aryl methyl sites for hydroxylation is 1. The van der Waals surface area contributed by atoms with Gasteiger partial charge in [-0.05, 0) is 67.9 Å². The van der Waals surface area contributed by atoms with Gasteiger partial charge in [-0.3, -0.25) is 9.59 Å². The average Bonchev–Trinajstić information content (AvgIpc) is 3.35. The summed E-state index contributed by atoms with van der Waals surface area (Å²) < 4.78 is 0. The van der Waals surface area contributed by atoms with Crippen molar-refractivity contribution in [3.63, 3.8) is 0 Å². The van der Waals surface area contributed by atoms with E-state index in [-0.39, 0.29) is 11.8 Å². The van der Waals surface area contributed by atoms with Gasteiger partial charge < -0.3 is 20.0 Å². The van der Waals surface area contributed by atoms with Crippen LogP contribution in [-0.2, 0) is 4.79 Å². The number of hydrogen-bond donors (Lipinski definition) is 1. The van der Waals surface area contributed by atoms with Gasteiger partial charge in [-0.1, -0.05) is 13.0 Å². The highest BCUT2D eigenvalue weighted by molar-refractivity contribution is 7.12. The second-order valence-electron chi connectivity index (χ2n) is 8.40. The lowest BCUT2D eigenvalue weighted by Gasteiger charge is -2.36. The van der Waals surface area contributed by atoms with Gasteiger partial charge in [0, 0.05) is 44.1 Å². The summed E-state index contributed by atoms with van der Waals surface area (Å²) in [4.78, 5) is 33.4. The Hall–Kier alpha value is -2.38. The number of piperidine rings is 1. The summed E-state index contributed by atoms with van der Waals surface area (Å²) in [6.45, 7) is 10.2. The second kappa shape index (κ2) is 9.83. The molecule has 2 aromatic rings. The van der Waals surface area contributed by atoms with Crippen molar-refractivity contribution in [2.75, 3.05) is 49.5 Å². The predicted octanol–water partition coefficient (Wildman–Crippen LogP) is 3.83. The van der Waals surface area contributed by atoms with Crippen molar-refractivity contribution in [3.8, 4) is 0 Å². The van der Waals surface area contributed by atoms with Gasteiger partial charge in [0.1, 0.15) is 6.04 Å². The molecule has 1 N–H and O–H groups in total. The molecule has 3 heterocycles. The molecule has 0 saturated carbocycles. The van der Waals surface area contributed by atoms with E-state index in [1.807, 2.05) is 30.5 Å². The number of nitrogens with one attached hydrogen (secondary N) is 1. The maximum atomic E-state index is 13.1. The third-order valence-corrected chi connectivity index (χ3v) is 7.31. The number of likely N-dealkylation sites (tertiary alicyclic amines) is 1. The van der Waals surface area contributed by atoms with Crippen molar-refractivity contribution in [3.05, 3.63) is 46.2 Å². The zero-order chi connectivity index (χ0) is 21.8. The van der Waals surface area contributed by atoms with Crippen molar-refractivity contribution in [2.24, 2.45) is 0 Å². The number of rotatable bonds is 5. The van der Waals surface area contributed by atoms with E-state index in [4.69, 9.17) is 0 Å². The molecule has 1 aromatic carbocycles. The monoisotopic (exact) mass is 440 g/mol. The molecular weight excluding hydrogens is 408 g/mol. The molecule has 0 bridgehead atoms. The molecule has 2 aliphatic heterocycles. The second-order valence-corrected chi connectivity index (χ2v) is 9.34. The minimum Gasteiger partial charge on any atom is -0.369 e. The lowest BCUT2D eigenvalue weighted by Crippen LogP contribution is -2.49. The largest absolute Gasteiger partial charge is 0.369 e. The lowest BCUT2D eigenvalue weighted by molar-refractivity contribution is -0.121. The van der Waals surface area contributed by atoms with Crippen LogP contribution in [0.1, 0.15) is 41.4 Å². The van der Waals surface area contributed by atoms with Crippen LogP contribution in [0.3, 0.4) is 0 Å². The zero-order valence-electron chi connectivity index (χ0n) is 18.5. The molecule has 0 radical (unpaired) electrons. The van der Waals surface area contributed by atoms with E-state index in [0.29, 0.717) is 17.8 Å². The normalized spacial score (nSPS) is 20.0. The molecule has 2 amide bonds. The fourth-order valence-electron chi connectivity index (χ4n) is 4.51. The Morgan fingerprint density at radius 2 is 1.90 bits per heavy atom. The number of anilines is 2. The third-order valence-electron chi connectivity index (χ3n) is 6.45. The van der Waals surface area contributed by atoms with Crippen LogP contribution in [0, 0.1) is 6.92 Å². The molecule has 7 heteroatoms. The molecule has 0 aliphatic carbocycles. The Labute approximate surface area is 188 Å². The Morgan fingerprint density at radius 1 is 1.10 bits per heavy atom. The molecule has 31 heavy (non-hydrogen) atoms. The molecule has 2 fully saturated rings. The topological polar surface area (TPSA) is 55.9 Å². The fourth-order valence-corrected chi connectivity index (χ4v) is 5.19. The first-order chi connectivity index (χ1) is 15.1. The van der Waals surface area contributed by atoms with Gasteiger partial charge in [-0.15, -0.1) is 11.3 Å². The highest BCUT2D eigenvalue weighted by atomic mass is 32.1. The number of hydrogen-bond acceptors (Lipinski definition) is 5. The smallest absolute Gasteiger partial charge is 0.264 e. The predicted molar refractivity (Wildman–Crippen MR) is 127 cm³/mol. The highest BCUT2D eigenvalue weighted by Gasteiger charge is 2.33. The first-order valence-electron chi connectivity index (χ1n) is 11.3. The summed E-state index contributed by atoms with van der Waals surface area (Å²) in [5.41, 5.74) is 3.09. The quantitative estimate of drug-likeness (QED) is 0.768. The lowest BCUT2D eigenvalue weighted by atomic mass is 10.0. The van der Waals surface area contributed by atoms with Crippen LogP contribution in [0.15, 0.2) is 35.7 Å². The van der Waals surface area contributed by atoms with E-state index >= 15 is 0 Å². The average molecular weight is 441 g/mol. The van der Waals surface area contributed by atoms with Crippen molar-refractivity contribution < 1.29 is 9.59 Å². The van der Waals surface area contributed by atoms with E-state index in [9.17, 15) is 9.59 Å². The van der Waals surface area contributed by atoms with E-state index < -0.39 is 6.04 Å². The Bertz CT molecular complexity index is 906. The summed E-state index contributed by atoms with van der Waals surface area (Å²) in [5, 5.41) is 5.00. The van der Waals surface area contributed by atoms with E-state index in [2.05, 4.69) is 34.2 Å². The highest BCUT2D eigenvalue weighted by Crippen LogP contribution is 2.26. The van der Waals surface area contributed by atoms with Gasteiger partial charge in [-0.25, -0.2) is 0 Å². The molecule has 0 spiro atoms. The minimum atomic E-state index is -0.412. The number of benzene rings is 1. The van der Waals surface area contributed by atoms with Gasteiger partial charge in [0.15, 0.2) is 0 Å². The van der Waals surface area contributed by atoms with Crippen molar-refractivity contribution in [2.45, 2.75) is 39.2 Å². The number of likely N-dealkylation sites (N-methyl/N-ethyl adjacent to an activating group) is 1. The van der Waals surface area contributed by atoms with E-state index in [1.165, 1.54) is 17.0 Å².